The van der Waals surface area contributed by atoms with Crippen LogP contribution >= 0.6 is 0 Å². The van der Waals surface area contributed by atoms with Crippen molar-refractivity contribution in [2.24, 2.45) is 27.4 Å². The van der Waals surface area contributed by atoms with Crippen molar-refractivity contribution in [2.75, 3.05) is 10.2 Å². The number of nitrogens with one attached hydrogen (secondary N) is 1. The fourth-order valence-electron chi connectivity index (χ4n) is 3.81. The molecule has 1 amide bonds. The highest BCUT2D eigenvalue weighted by Crippen LogP contribution is 2.40. The van der Waals surface area contributed by atoms with Crippen molar-refractivity contribution in [1.29, 1.82) is 0 Å². The Bertz CT molecular complexity index is 746. The summed E-state index contributed by atoms with van der Waals surface area (Å²) in [5.41, 5.74) is 13.3. The van der Waals surface area contributed by atoms with Gasteiger partial charge in [-0.25, -0.2) is 4.99 Å². The van der Waals surface area contributed by atoms with Gasteiger partial charge in [0.2, 0.25) is 17.8 Å². The van der Waals surface area contributed by atoms with Crippen LogP contribution in [0.5, 0.6) is 0 Å². The van der Waals surface area contributed by atoms with Gasteiger partial charge in [-0.2, -0.15) is 4.99 Å². The van der Waals surface area contributed by atoms with Gasteiger partial charge in [-0.1, -0.05) is 12.5 Å². The van der Waals surface area contributed by atoms with E-state index in [1.165, 1.54) is 6.42 Å². The van der Waals surface area contributed by atoms with Gasteiger partial charge in [0, 0.05) is 17.3 Å². The van der Waals surface area contributed by atoms with Crippen molar-refractivity contribution >= 4 is 29.2 Å². The number of rotatable bonds is 3. The van der Waals surface area contributed by atoms with Crippen molar-refractivity contribution in [3.8, 4) is 0 Å². The molecule has 2 saturated carbocycles. The molecule has 1 heterocycles. The number of aliphatic imine (C=N–C) groups is 2. The van der Waals surface area contributed by atoms with E-state index < -0.39 is 5.66 Å². The van der Waals surface area contributed by atoms with Crippen LogP contribution in [0.15, 0.2) is 34.3 Å². The van der Waals surface area contributed by atoms with Crippen molar-refractivity contribution in [2.45, 2.75) is 50.6 Å². The molecule has 7 nitrogen and oxygen atoms in total. The first-order valence-corrected chi connectivity index (χ1v) is 8.98. The van der Waals surface area contributed by atoms with Crippen LogP contribution in [-0.2, 0) is 4.79 Å². The summed E-state index contributed by atoms with van der Waals surface area (Å²) in [4.78, 5) is 22.9. The van der Waals surface area contributed by atoms with Gasteiger partial charge < -0.3 is 16.8 Å². The lowest BCUT2D eigenvalue weighted by Gasteiger charge is -2.45. The lowest BCUT2D eigenvalue weighted by atomic mass is 9.87. The number of guanidine groups is 2. The number of carbonyl (C=O) groups is 1. The second kappa shape index (κ2) is 6.06. The minimum absolute atomic E-state index is 0.0899. The molecule has 2 fully saturated rings. The summed E-state index contributed by atoms with van der Waals surface area (Å²) < 4.78 is 0. The molecule has 0 saturated heterocycles. The molecule has 0 atom stereocenters. The SMILES string of the molecule is NC1=NC2(CCCCC2)N(c2cccc(NC(=O)C3CC3)c2)C(N)=N1. The Morgan fingerprint density at radius 2 is 1.96 bits per heavy atom. The van der Waals surface area contributed by atoms with E-state index in [-0.39, 0.29) is 17.8 Å². The third-order valence-electron chi connectivity index (χ3n) is 5.17. The molecule has 7 heteroatoms. The van der Waals surface area contributed by atoms with Crippen molar-refractivity contribution in [1.82, 2.24) is 0 Å². The molecule has 0 unspecified atom stereocenters. The van der Waals surface area contributed by atoms with Crippen LogP contribution in [0.2, 0.25) is 0 Å². The largest absolute Gasteiger partial charge is 0.369 e. The first kappa shape index (κ1) is 15.9. The number of nitrogens with zero attached hydrogens (tertiary/aromatic N) is 3. The zero-order valence-corrected chi connectivity index (χ0v) is 14.2. The number of amides is 1. The summed E-state index contributed by atoms with van der Waals surface area (Å²) in [5, 5.41) is 2.99. The lowest BCUT2D eigenvalue weighted by Crippen LogP contribution is -2.58. The molecule has 25 heavy (non-hydrogen) atoms. The van der Waals surface area contributed by atoms with Crippen LogP contribution in [0.4, 0.5) is 11.4 Å². The van der Waals surface area contributed by atoms with E-state index in [0.717, 1.165) is 49.9 Å². The van der Waals surface area contributed by atoms with Gasteiger partial charge in [0.05, 0.1) is 0 Å². The molecular weight excluding hydrogens is 316 g/mol. The van der Waals surface area contributed by atoms with Crippen LogP contribution in [0.3, 0.4) is 0 Å². The Morgan fingerprint density at radius 1 is 1.20 bits per heavy atom. The first-order valence-electron chi connectivity index (χ1n) is 8.98. The minimum Gasteiger partial charge on any atom is -0.369 e. The van der Waals surface area contributed by atoms with Crippen LogP contribution in [0, 0.1) is 5.92 Å². The molecule has 0 aromatic heterocycles. The monoisotopic (exact) mass is 340 g/mol. The molecule has 3 aliphatic rings. The Labute approximate surface area is 147 Å². The maximum atomic E-state index is 12.1. The van der Waals surface area contributed by atoms with Gasteiger partial charge in [-0.15, -0.1) is 0 Å². The normalized spacial score (nSPS) is 22.3. The third kappa shape index (κ3) is 3.06. The number of benzene rings is 1. The topological polar surface area (TPSA) is 109 Å². The van der Waals surface area contributed by atoms with E-state index in [0.29, 0.717) is 5.96 Å². The van der Waals surface area contributed by atoms with Gasteiger partial charge in [0.1, 0.15) is 5.66 Å². The van der Waals surface area contributed by atoms with Gasteiger partial charge in [-0.05, 0) is 56.7 Å². The molecule has 132 valence electrons. The summed E-state index contributed by atoms with van der Waals surface area (Å²) in [7, 11) is 0. The summed E-state index contributed by atoms with van der Waals surface area (Å²) in [6, 6.07) is 7.73. The van der Waals surface area contributed by atoms with Gasteiger partial charge in [0.25, 0.3) is 0 Å². The second-order valence-corrected chi connectivity index (χ2v) is 7.13. The summed E-state index contributed by atoms with van der Waals surface area (Å²) in [6.45, 7) is 0. The van der Waals surface area contributed by atoms with E-state index >= 15 is 0 Å². The predicted octanol–water partition coefficient (Wildman–Crippen LogP) is 2.14. The van der Waals surface area contributed by atoms with Crippen LogP contribution in [0.1, 0.15) is 44.9 Å². The molecule has 0 radical (unpaired) electrons. The molecule has 1 spiro atoms. The van der Waals surface area contributed by atoms with Gasteiger partial charge in [-0.3, -0.25) is 9.69 Å². The lowest BCUT2D eigenvalue weighted by molar-refractivity contribution is -0.117. The molecule has 1 aromatic carbocycles. The Balaban J connectivity index is 1.66. The predicted molar refractivity (Wildman–Crippen MR) is 99.3 cm³/mol. The number of hydrogen-bond donors (Lipinski definition) is 3. The van der Waals surface area contributed by atoms with Gasteiger partial charge >= 0.3 is 0 Å². The number of hydrogen-bond acceptors (Lipinski definition) is 6. The summed E-state index contributed by atoms with van der Waals surface area (Å²) in [6.07, 6.45) is 7.10. The summed E-state index contributed by atoms with van der Waals surface area (Å²) >= 11 is 0. The Hall–Kier alpha value is -2.57. The maximum absolute atomic E-state index is 12.1. The fraction of sp³-hybridized carbons (Fsp3) is 0.500. The second-order valence-electron chi connectivity index (χ2n) is 7.13. The molecule has 2 aliphatic carbocycles. The van der Waals surface area contributed by atoms with Crippen LogP contribution in [0.25, 0.3) is 0 Å². The molecule has 4 rings (SSSR count). The highest BCUT2D eigenvalue weighted by molar-refractivity contribution is 6.06. The average molecular weight is 340 g/mol. The van der Waals surface area contributed by atoms with E-state index in [9.17, 15) is 4.79 Å². The third-order valence-corrected chi connectivity index (χ3v) is 5.17. The zero-order chi connectivity index (χ0) is 17.4. The van der Waals surface area contributed by atoms with E-state index in [4.69, 9.17) is 11.5 Å². The number of carbonyl (C=O) groups excluding carboxylic acids is 1. The van der Waals surface area contributed by atoms with Gasteiger partial charge in [0.15, 0.2) is 0 Å². The van der Waals surface area contributed by atoms with E-state index in [1.807, 2.05) is 29.2 Å². The Morgan fingerprint density at radius 3 is 2.68 bits per heavy atom. The fourth-order valence-corrected chi connectivity index (χ4v) is 3.81. The smallest absolute Gasteiger partial charge is 0.227 e. The quantitative estimate of drug-likeness (QED) is 0.783. The average Bonchev–Trinajstić information content (AvgIpc) is 3.40. The highest BCUT2D eigenvalue weighted by atomic mass is 16.2. The molecular formula is C18H24N6O. The van der Waals surface area contributed by atoms with E-state index in [1.54, 1.807) is 0 Å². The zero-order valence-electron chi connectivity index (χ0n) is 14.2. The standard InChI is InChI=1S/C18H24N6O/c19-16-22-17(20)24(18(23-16)9-2-1-3-10-18)14-6-4-5-13(11-14)21-15(25)12-7-8-12/h4-6,11-12H,1-3,7-10H2,(H,21,25)(H4,19,20,22,23). The van der Waals surface area contributed by atoms with Crippen LogP contribution < -0.4 is 21.7 Å². The van der Waals surface area contributed by atoms with Crippen molar-refractivity contribution in [3.63, 3.8) is 0 Å². The first-order chi connectivity index (χ1) is 12.1. The number of nitrogens with two attached hydrogens (primary N) is 2. The van der Waals surface area contributed by atoms with Crippen LogP contribution in [-0.4, -0.2) is 23.5 Å². The van der Waals surface area contributed by atoms with Crippen molar-refractivity contribution < 1.29 is 4.79 Å². The maximum Gasteiger partial charge on any atom is 0.227 e. The molecule has 1 aromatic rings. The van der Waals surface area contributed by atoms with E-state index in [2.05, 4.69) is 15.3 Å². The summed E-state index contributed by atoms with van der Waals surface area (Å²) in [5.74, 6) is 0.861. The highest BCUT2D eigenvalue weighted by Gasteiger charge is 2.42. The molecule has 0 bridgehead atoms. The molecule has 5 N–H and O–H groups in total. The minimum atomic E-state index is -0.465. The van der Waals surface area contributed by atoms with Crippen molar-refractivity contribution in [3.05, 3.63) is 24.3 Å². The molecule has 1 aliphatic heterocycles. The number of anilines is 2. The Kier molecular flexibility index (Phi) is 3.86.